The van der Waals surface area contributed by atoms with Gasteiger partial charge in [-0.15, -0.1) is 0 Å². The van der Waals surface area contributed by atoms with E-state index in [2.05, 4.69) is 6.92 Å². The largest absolute Gasteiger partial charge is 0.497 e. The molecular weight excluding hydrogens is 258 g/mol. The lowest BCUT2D eigenvalue weighted by molar-refractivity contribution is -0.740. The Morgan fingerprint density at radius 3 is 2.75 bits per heavy atom. The van der Waals surface area contributed by atoms with E-state index in [9.17, 15) is 10.0 Å². The van der Waals surface area contributed by atoms with Crippen LogP contribution in [0, 0.1) is 5.21 Å². The molecule has 0 aromatic heterocycles. The third kappa shape index (κ3) is 3.10. The quantitative estimate of drug-likeness (QED) is 0.592. The predicted octanol–water partition coefficient (Wildman–Crippen LogP) is 2.72. The van der Waals surface area contributed by atoms with E-state index in [1.807, 2.05) is 0 Å². The van der Waals surface area contributed by atoms with Crippen LogP contribution in [-0.2, 0) is 4.84 Å². The summed E-state index contributed by atoms with van der Waals surface area (Å²) in [6, 6.07) is 6.71. The minimum Gasteiger partial charge on any atom is -0.497 e. The zero-order valence-electron chi connectivity index (χ0n) is 11.8. The second-order valence-electron chi connectivity index (χ2n) is 4.84. The summed E-state index contributed by atoms with van der Waals surface area (Å²) < 4.78 is 5.04. The van der Waals surface area contributed by atoms with Gasteiger partial charge in [0.15, 0.2) is 0 Å². The van der Waals surface area contributed by atoms with Gasteiger partial charge in [-0.2, -0.15) is 0 Å². The van der Waals surface area contributed by atoms with E-state index >= 15 is 0 Å². The maximum Gasteiger partial charge on any atom is 0.293 e. The SMILES string of the molecule is CCCCC1CC(C(=O)c2ccc(OC)cc2)=[N+]([O-])O1. The Hall–Kier alpha value is -2.04. The third-order valence-electron chi connectivity index (χ3n) is 3.38. The van der Waals surface area contributed by atoms with Gasteiger partial charge in [-0.05, 0) is 30.7 Å². The first-order valence-electron chi connectivity index (χ1n) is 6.84. The number of benzene rings is 1. The Kier molecular flexibility index (Phi) is 4.61. The van der Waals surface area contributed by atoms with E-state index < -0.39 is 0 Å². The van der Waals surface area contributed by atoms with Gasteiger partial charge in [0.25, 0.3) is 11.5 Å². The molecule has 0 radical (unpaired) electrons. The highest BCUT2D eigenvalue weighted by Crippen LogP contribution is 2.19. The van der Waals surface area contributed by atoms with E-state index in [1.165, 1.54) is 0 Å². The van der Waals surface area contributed by atoms with Crippen molar-refractivity contribution in [1.82, 2.24) is 0 Å². The molecule has 0 amide bonds. The lowest BCUT2D eigenvalue weighted by Gasteiger charge is -2.09. The van der Waals surface area contributed by atoms with Crippen LogP contribution in [0.3, 0.4) is 0 Å². The van der Waals surface area contributed by atoms with Crippen LogP contribution < -0.4 is 4.74 Å². The third-order valence-corrected chi connectivity index (χ3v) is 3.38. The monoisotopic (exact) mass is 277 g/mol. The molecule has 2 rings (SSSR count). The lowest BCUT2D eigenvalue weighted by atomic mass is 10.0. The highest BCUT2D eigenvalue weighted by Gasteiger charge is 2.33. The zero-order chi connectivity index (χ0) is 14.5. The normalized spacial score (nSPS) is 18.0. The van der Waals surface area contributed by atoms with Gasteiger partial charge >= 0.3 is 0 Å². The topological polar surface area (TPSA) is 61.6 Å². The van der Waals surface area contributed by atoms with E-state index in [0.717, 1.165) is 19.3 Å². The smallest absolute Gasteiger partial charge is 0.293 e. The molecule has 0 aliphatic carbocycles. The predicted molar refractivity (Wildman–Crippen MR) is 75.0 cm³/mol. The Morgan fingerprint density at radius 2 is 2.15 bits per heavy atom. The van der Waals surface area contributed by atoms with Crippen LogP contribution in [-0.4, -0.2) is 29.6 Å². The molecule has 1 aliphatic heterocycles. The number of ether oxygens (including phenoxy) is 1. The first-order chi connectivity index (χ1) is 9.65. The molecular formula is C15H19NO4. The van der Waals surface area contributed by atoms with Crippen LogP contribution in [0.4, 0.5) is 0 Å². The molecule has 20 heavy (non-hydrogen) atoms. The number of carbonyl (C=O) groups excluding carboxylic acids is 1. The molecule has 0 N–H and O–H groups in total. The molecule has 1 aliphatic rings. The average molecular weight is 277 g/mol. The van der Waals surface area contributed by atoms with Crippen molar-refractivity contribution in [1.29, 1.82) is 0 Å². The van der Waals surface area contributed by atoms with Gasteiger partial charge in [0.2, 0.25) is 0 Å². The summed E-state index contributed by atoms with van der Waals surface area (Å²) in [7, 11) is 1.56. The van der Waals surface area contributed by atoms with Crippen LogP contribution in [0.2, 0.25) is 0 Å². The van der Waals surface area contributed by atoms with Gasteiger partial charge in [0, 0.05) is 10.5 Å². The minimum atomic E-state index is -0.276. The summed E-state index contributed by atoms with van der Waals surface area (Å²) in [5.41, 5.74) is 0.651. The molecule has 5 heteroatoms. The van der Waals surface area contributed by atoms with Gasteiger partial charge in [0.1, 0.15) is 5.75 Å². The number of unbranched alkanes of at least 4 members (excludes halogenated alkanes) is 1. The molecule has 1 aromatic rings. The van der Waals surface area contributed by atoms with Crippen LogP contribution in [0.25, 0.3) is 0 Å². The van der Waals surface area contributed by atoms with Crippen LogP contribution in [0.15, 0.2) is 24.3 Å². The number of hydrogen-bond acceptors (Lipinski definition) is 4. The van der Waals surface area contributed by atoms with Crippen molar-refractivity contribution in [3.63, 3.8) is 0 Å². The summed E-state index contributed by atoms with van der Waals surface area (Å²) in [6.45, 7) is 2.08. The standard InChI is InChI=1S/C15H19NO4/c1-3-4-5-13-10-14(16(18)20-13)15(17)11-6-8-12(19-2)9-7-11/h6-9,13H,3-5,10H2,1-2H3. The van der Waals surface area contributed by atoms with Crippen LogP contribution >= 0.6 is 0 Å². The lowest BCUT2D eigenvalue weighted by Crippen LogP contribution is -2.19. The second-order valence-corrected chi connectivity index (χ2v) is 4.84. The summed E-state index contributed by atoms with van der Waals surface area (Å²) >= 11 is 0. The maximum atomic E-state index is 12.3. The number of ketones is 1. The van der Waals surface area contributed by atoms with E-state index in [0.29, 0.717) is 22.6 Å². The zero-order valence-corrected chi connectivity index (χ0v) is 11.8. The fraction of sp³-hybridized carbons (Fsp3) is 0.467. The maximum absolute atomic E-state index is 12.3. The second kappa shape index (κ2) is 6.41. The first kappa shape index (κ1) is 14.4. The van der Waals surface area contributed by atoms with Crippen molar-refractivity contribution in [3.05, 3.63) is 35.0 Å². The van der Waals surface area contributed by atoms with E-state index in [1.54, 1.807) is 31.4 Å². The summed E-state index contributed by atoms with van der Waals surface area (Å²) in [4.78, 5) is 17.8. The molecule has 5 nitrogen and oxygen atoms in total. The molecule has 0 bridgehead atoms. The van der Waals surface area contributed by atoms with Gasteiger partial charge < -0.3 is 9.57 Å². The van der Waals surface area contributed by atoms with Crippen molar-refractivity contribution < 1.29 is 19.3 Å². The minimum absolute atomic E-state index is 0.176. The molecule has 1 heterocycles. The van der Waals surface area contributed by atoms with Crippen molar-refractivity contribution in [2.45, 2.75) is 38.7 Å². The van der Waals surface area contributed by atoms with Crippen LogP contribution in [0.5, 0.6) is 5.75 Å². The van der Waals surface area contributed by atoms with Gasteiger partial charge in [-0.3, -0.25) is 10.0 Å². The molecule has 0 fully saturated rings. The average Bonchev–Trinajstić information content (AvgIpc) is 2.85. The molecule has 0 saturated carbocycles. The number of carbonyl (C=O) groups is 1. The van der Waals surface area contributed by atoms with Crippen molar-refractivity contribution in [3.8, 4) is 5.75 Å². The highest BCUT2D eigenvalue weighted by molar-refractivity contribution is 6.44. The molecule has 0 spiro atoms. The molecule has 1 atom stereocenters. The Balaban J connectivity index is 2.06. The fourth-order valence-corrected chi connectivity index (χ4v) is 2.20. The molecule has 0 saturated heterocycles. The summed E-state index contributed by atoms with van der Waals surface area (Å²) in [5, 5.41) is 11.7. The molecule has 108 valence electrons. The Bertz CT molecular complexity index is 507. The van der Waals surface area contributed by atoms with E-state index in [-0.39, 0.29) is 17.6 Å². The highest BCUT2D eigenvalue weighted by atomic mass is 16.9. The van der Waals surface area contributed by atoms with E-state index in [4.69, 9.17) is 9.57 Å². The summed E-state index contributed by atoms with van der Waals surface area (Å²) in [5.74, 6) is 0.399. The van der Waals surface area contributed by atoms with Crippen molar-refractivity contribution >= 4 is 11.5 Å². The Morgan fingerprint density at radius 1 is 1.45 bits per heavy atom. The van der Waals surface area contributed by atoms with Crippen LogP contribution in [0.1, 0.15) is 43.0 Å². The molecule has 1 unspecified atom stereocenters. The number of rotatable bonds is 6. The fourth-order valence-electron chi connectivity index (χ4n) is 2.20. The number of Topliss-reactive ketones (excluding diaryl/α,β-unsaturated/α-hetero) is 1. The Labute approximate surface area is 118 Å². The number of nitrogens with zero attached hydrogens (tertiary/aromatic N) is 1. The first-order valence-corrected chi connectivity index (χ1v) is 6.84. The summed E-state index contributed by atoms with van der Waals surface area (Å²) in [6.07, 6.45) is 3.04. The van der Waals surface area contributed by atoms with Gasteiger partial charge in [-0.1, -0.05) is 19.8 Å². The number of hydrogen-bond donors (Lipinski definition) is 0. The molecule has 1 aromatic carbocycles. The van der Waals surface area contributed by atoms with Gasteiger partial charge in [-0.25, -0.2) is 0 Å². The van der Waals surface area contributed by atoms with Gasteiger partial charge in [0.05, 0.1) is 19.6 Å². The van der Waals surface area contributed by atoms with Crippen molar-refractivity contribution in [2.24, 2.45) is 0 Å². The van der Waals surface area contributed by atoms with Crippen molar-refractivity contribution in [2.75, 3.05) is 7.11 Å². The number of methoxy groups -OCH3 is 1.